The lowest BCUT2D eigenvalue weighted by atomic mass is 9.66. The second-order valence-corrected chi connectivity index (χ2v) is 16.6. The molecule has 0 spiro atoms. The number of methoxy groups -OCH3 is 1. The Morgan fingerprint density at radius 1 is 0.723 bits per heavy atom. The number of carbonyl (C=O) groups excluding carboxylic acids is 1. The quantitative estimate of drug-likeness (QED) is 0.0247. The van der Waals surface area contributed by atoms with Gasteiger partial charge in [0.05, 0.1) is 25.4 Å². The molecule has 11 heteroatoms. The minimum Gasteiger partial charge on any atom is -0.508 e. The molecule has 0 saturated carbocycles. The molecule has 336 valence electrons. The number of phenolic OH excluding ortho intramolecular Hbond substituents is 7. The molecule has 6 aromatic rings. The number of hydrogen-bond donors (Lipinski definition) is 8. The lowest BCUT2D eigenvalue weighted by Crippen LogP contribution is -2.38. The maximum atomic E-state index is 14.1. The van der Waals surface area contributed by atoms with Crippen LogP contribution in [0.4, 0.5) is 0 Å². The number of benzene rings is 6. The molecule has 1 heterocycles. The molecule has 0 unspecified atom stereocenters. The molecule has 1 aliphatic rings. The third kappa shape index (κ3) is 11.5. The highest BCUT2D eigenvalue weighted by molar-refractivity contribution is 6.11. The number of rotatable bonds is 17. The number of phenols is 7. The highest BCUT2D eigenvalue weighted by atomic mass is 16.5. The van der Waals surface area contributed by atoms with Gasteiger partial charge in [0.15, 0.2) is 5.78 Å². The number of ketones is 1. The van der Waals surface area contributed by atoms with Gasteiger partial charge in [-0.05, 0) is 133 Å². The Kier molecular flexibility index (Phi) is 14.8. The van der Waals surface area contributed by atoms with Crippen LogP contribution in [-0.4, -0.2) is 66.0 Å². The minimum atomic E-state index is -0.739. The molecule has 6 atom stereocenters. The summed E-state index contributed by atoms with van der Waals surface area (Å²) >= 11 is 0. The fourth-order valence-electron chi connectivity index (χ4n) is 8.80. The molecule has 7 rings (SSSR count). The van der Waals surface area contributed by atoms with E-state index < -0.39 is 47.6 Å². The lowest BCUT2D eigenvalue weighted by molar-refractivity contribution is -0.103. The summed E-state index contributed by atoms with van der Waals surface area (Å²) in [5, 5.41) is 86.0. The van der Waals surface area contributed by atoms with Gasteiger partial charge in [-0.15, -0.1) is 0 Å². The zero-order valence-corrected chi connectivity index (χ0v) is 35.9. The van der Waals surface area contributed by atoms with Crippen molar-refractivity contribution < 1.29 is 55.1 Å². The summed E-state index contributed by atoms with van der Waals surface area (Å²) in [4.78, 5) is 14.1. The monoisotopic (exact) mass is 878 g/mol. The highest BCUT2D eigenvalue weighted by Crippen LogP contribution is 2.57. The van der Waals surface area contributed by atoms with Crippen LogP contribution in [0.3, 0.4) is 0 Å². The van der Waals surface area contributed by atoms with Crippen LogP contribution in [-0.2, 0) is 17.6 Å². The average Bonchev–Trinajstić information content (AvgIpc) is 3.30. The van der Waals surface area contributed by atoms with Crippen LogP contribution in [0.5, 0.6) is 46.0 Å². The Labute approximate surface area is 378 Å². The van der Waals surface area contributed by atoms with Crippen molar-refractivity contribution in [1.29, 1.82) is 0 Å². The molecule has 0 aliphatic carbocycles. The molecule has 0 amide bonds. The Bertz CT molecular complexity index is 2570. The standard InChI is InChI=1S/C54H54O11/c1-64-49-32-48(62)51(53(63)52(49)47(61)30-13-35-10-23-41(58)24-11-35)46-31-44(29-12-34-8-21-40(57)22-9-34)65-54(37-16-27-43(60)28-17-37)50(46)45(36-14-25-42(59)26-15-36)4-2-3-38(55)18-5-33-6-19-39(56)20-7-33/h2,4,6-11,13-17,19-28,30,32,38,44-46,50,54-60,62-63H,3,5,12,18,29,31H2,1H3/b4-2+,30-13+/t38-,44+,45+,46-,50+,54-/m1/s1. The fraction of sp³-hybridized carbons (Fsp3) is 0.241. The number of ether oxygens (including phenoxy) is 2. The van der Waals surface area contributed by atoms with Crippen LogP contribution in [0, 0.1) is 5.92 Å². The third-order valence-corrected chi connectivity index (χ3v) is 12.2. The van der Waals surface area contributed by atoms with Gasteiger partial charge in [0, 0.05) is 29.4 Å². The number of carbonyl (C=O) groups is 1. The molecule has 65 heavy (non-hydrogen) atoms. The van der Waals surface area contributed by atoms with E-state index in [1.807, 2.05) is 36.4 Å². The number of hydrogen-bond acceptors (Lipinski definition) is 11. The van der Waals surface area contributed by atoms with Crippen LogP contribution >= 0.6 is 0 Å². The predicted molar refractivity (Wildman–Crippen MR) is 248 cm³/mol. The van der Waals surface area contributed by atoms with Crippen molar-refractivity contribution in [2.45, 2.75) is 68.7 Å². The first-order valence-electron chi connectivity index (χ1n) is 21.6. The Hall–Kier alpha value is -7.21. The number of allylic oxidation sites excluding steroid dienone is 2. The van der Waals surface area contributed by atoms with Gasteiger partial charge in [-0.25, -0.2) is 0 Å². The van der Waals surface area contributed by atoms with Gasteiger partial charge in [-0.2, -0.15) is 0 Å². The molecule has 1 saturated heterocycles. The predicted octanol–water partition coefficient (Wildman–Crippen LogP) is 10.1. The van der Waals surface area contributed by atoms with E-state index in [2.05, 4.69) is 0 Å². The third-order valence-electron chi connectivity index (χ3n) is 12.2. The second kappa shape index (κ2) is 21.0. The molecule has 6 aromatic carbocycles. The van der Waals surface area contributed by atoms with Crippen molar-refractivity contribution in [3.63, 3.8) is 0 Å². The molecule has 1 aliphatic heterocycles. The summed E-state index contributed by atoms with van der Waals surface area (Å²) in [6.45, 7) is 0. The first kappa shape index (κ1) is 45.8. The Balaban J connectivity index is 1.34. The van der Waals surface area contributed by atoms with Gasteiger partial charge in [0.25, 0.3) is 0 Å². The van der Waals surface area contributed by atoms with Crippen LogP contribution in [0.25, 0.3) is 6.08 Å². The van der Waals surface area contributed by atoms with E-state index in [0.29, 0.717) is 36.8 Å². The summed E-state index contributed by atoms with van der Waals surface area (Å²) in [6.07, 6.45) is 7.49. The van der Waals surface area contributed by atoms with Crippen LogP contribution < -0.4 is 4.74 Å². The largest absolute Gasteiger partial charge is 0.508 e. The summed E-state index contributed by atoms with van der Waals surface area (Å²) in [5.74, 6) is -2.79. The smallest absolute Gasteiger partial charge is 0.193 e. The van der Waals surface area contributed by atoms with Crippen molar-refractivity contribution in [3.05, 3.63) is 185 Å². The minimum absolute atomic E-state index is 0.0389. The van der Waals surface area contributed by atoms with Gasteiger partial charge in [0.2, 0.25) is 0 Å². The topological polar surface area (TPSA) is 197 Å². The highest BCUT2D eigenvalue weighted by Gasteiger charge is 2.46. The molecule has 0 radical (unpaired) electrons. The summed E-state index contributed by atoms with van der Waals surface area (Å²) < 4.78 is 12.7. The zero-order chi connectivity index (χ0) is 46.0. The van der Waals surface area contributed by atoms with E-state index in [9.17, 15) is 45.6 Å². The summed E-state index contributed by atoms with van der Waals surface area (Å²) in [5.41, 5.74) is 3.99. The van der Waals surface area contributed by atoms with Gasteiger partial charge in [0.1, 0.15) is 51.6 Å². The molecule has 1 fully saturated rings. The Morgan fingerprint density at radius 2 is 1.26 bits per heavy atom. The van der Waals surface area contributed by atoms with Crippen molar-refractivity contribution in [3.8, 4) is 46.0 Å². The fourth-order valence-corrected chi connectivity index (χ4v) is 8.80. The van der Waals surface area contributed by atoms with E-state index in [1.165, 1.54) is 31.4 Å². The van der Waals surface area contributed by atoms with Gasteiger partial charge in [-0.3, -0.25) is 4.79 Å². The molecular weight excluding hydrogens is 825 g/mol. The molecule has 0 bridgehead atoms. The van der Waals surface area contributed by atoms with E-state index in [4.69, 9.17) is 9.47 Å². The van der Waals surface area contributed by atoms with E-state index in [-0.39, 0.29) is 64.2 Å². The van der Waals surface area contributed by atoms with Crippen molar-refractivity contribution in [1.82, 2.24) is 0 Å². The van der Waals surface area contributed by atoms with Gasteiger partial charge < -0.3 is 50.3 Å². The molecular formula is C54H54O11. The van der Waals surface area contributed by atoms with E-state index >= 15 is 0 Å². The normalized spacial score (nSPS) is 18.4. The maximum Gasteiger partial charge on any atom is 0.193 e. The maximum absolute atomic E-state index is 14.1. The number of aromatic hydroxyl groups is 7. The number of aryl methyl sites for hydroxylation is 2. The molecule has 11 nitrogen and oxygen atoms in total. The van der Waals surface area contributed by atoms with Crippen molar-refractivity contribution >= 4 is 11.9 Å². The number of aliphatic hydroxyl groups is 1. The van der Waals surface area contributed by atoms with Crippen molar-refractivity contribution in [2.24, 2.45) is 5.92 Å². The van der Waals surface area contributed by atoms with Gasteiger partial charge >= 0.3 is 0 Å². The van der Waals surface area contributed by atoms with Crippen LogP contribution in [0.15, 0.2) is 146 Å². The first-order chi connectivity index (χ1) is 31.4. The second-order valence-electron chi connectivity index (χ2n) is 16.6. The first-order valence-corrected chi connectivity index (χ1v) is 21.6. The van der Waals surface area contributed by atoms with Crippen LogP contribution in [0.1, 0.15) is 87.4 Å². The Morgan fingerprint density at radius 3 is 1.85 bits per heavy atom. The lowest BCUT2D eigenvalue weighted by Gasteiger charge is -2.46. The van der Waals surface area contributed by atoms with E-state index in [0.717, 1.165) is 16.7 Å². The SMILES string of the molecule is COc1cc(O)c([C@@H]2C[C@H](CCc3ccc(O)cc3)O[C@H](c3ccc(O)cc3)[C@H]2[C@@H](/C=C/C[C@@H](O)CCc2ccc(O)cc2)c2ccc(O)cc2)c(O)c1C(=O)/C=C/c1ccc(O)cc1. The summed E-state index contributed by atoms with van der Waals surface area (Å²) in [7, 11) is 1.34. The average molecular weight is 879 g/mol. The van der Waals surface area contributed by atoms with Gasteiger partial charge in [-0.1, -0.05) is 78.9 Å². The summed E-state index contributed by atoms with van der Waals surface area (Å²) in [6, 6.07) is 34.8. The van der Waals surface area contributed by atoms with E-state index in [1.54, 1.807) is 91.0 Å². The molecule has 0 aromatic heterocycles. The number of aliphatic hydroxyl groups excluding tert-OH is 1. The van der Waals surface area contributed by atoms with Crippen LogP contribution in [0.2, 0.25) is 0 Å². The zero-order valence-electron chi connectivity index (χ0n) is 35.9. The van der Waals surface area contributed by atoms with Crippen molar-refractivity contribution in [2.75, 3.05) is 7.11 Å². The molecule has 8 N–H and O–H groups in total.